The maximum atomic E-state index is 9.50. The molecule has 74 valence electrons. The molecule has 0 saturated heterocycles. The van der Waals surface area contributed by atoms with Gasteiger partial charge in [-0.3, -0.25) is 0 Å². The molecular formula is C13H16O. The second-order valence-electron chi connectivity index (χ2n) is 2.95. The number of hydrogen-bond donors (Lipinski definition) is 1. The lowest BCUT2D eigenvalue weighted by atomic mass is 10.1. The third kappa shape index (κ3) is 1.87. The molecule has 2 aromatic carbocycles. The van der Waals surface area contributed by atoms with Gasteiger partial charge in [0.2, 0.25) is 0 Å². The van der Waals surface area contributed by atoms with Crippen LogP contribution in [-0.2, 0) is 0 Å². The van der Waals surface area contributed by atoms with Gasteiger partial charge in [0.1, 0.15) is 5.75 Å². The number of hydrogen-bond acceptors (Lipinski definition) is 1. The molecule has 0 radical (unpaired) electrons. The molecule has 0 heterocycles. The monoisotopic (exact) mass is 188 g/mol. The predicted octanol–water partition coefficient (Wildman–Crippen LogP) is 3.88. The zero-order chi connectivity index (χ0) is 10.6. The highest BCUT2D eigenvalue weighted by molar-refractivity contribution is 5.90. The van der Waals surface area contributed by atoms with Crippen molar-refractivity contribution < 1.29 is 5.11 Å². The summed E-state index contributed by atoms with van der Waals surface area (Å²) in [6.45, 7) is 6.04. The predicted molar refractivity (Wildman–Crippen MR) is 61.7 cm³/mol. The fourth-order valence-corrected chi connectivity index (χ4v) is 1.45. The molecule has 14 heavy (non-hydrogen) atoms. The number of phenols is 1. The molecule has 0 atom stereocenters. The van der Waals surface area contributed by atoms with E-state index in [0.717, 1.165) is 10.8 Å². The molecule has 2 aromatic rings. The van der Waals surface area contributed by atoms with Crippen molar-refractivity contribution in [2.75, 3.05) is 0 Å². The van der Waals surface area contributed by atoms with Gasteiger partial charge in [-0.05, 0) is 23.9 Å². The number of fused-ring (bicyclic) bond motifs is 1. The summed E-state index contributed by atoms with van der Waals surface area (Å²) in [4.78, 5) is 0. The van der Waals surface area contributed by atoms with Crippen molar-refractivity contribution in [3.63, 3.8) is 0 Å². The molecule has 0 saturated carbocycles. The standard InChI is InChI=1S/C11H10O.C2H6/c1-8-4-2-6-10-9(8)5-3-7-11(10)12;1-2/h2-7,12H,1H3;1-2H3. The summed E-state index contributed by atoms with van der Waals surface area (Å²) in [6, 6.07) is 11.5. The maximum absolute atomic E-state index is 9.50. The Hall–Kier alpha value is -1.50. The van der Waals surface area contributed by atoms with Crippen molar-refractivity contribution in [3.8, 4) is 5.75 Å². The Kier molecular flexibility index (Phi) is 3.52. The normalized spacial score (nSPS) is 9.36. The third-order valence-electron chi connectivity index (χ3n) is 2.12. The van der Waals surface area contributed by atoms with E-state index in [4.69, 9.17) is 0 Å². The molecule has 1 nitrogen and oxygen atoms in total. The first-order valence-electron chi connectivity index (χ1n) is 4.96. The van der Waals surface area contributed by atoms with Crippen LogP contribution in [-0.4, -0.2) is 5.11 Å². The van der Waals surface area contributed by atoms with E-state index in [1.807, 2.05) is 51.1 Å². The van der Waals surface area contributed by atoms with Crippen LogP contribution in [0.5, 0.6) is 5.75 Å². The number of benzene rings is 2. The van der Waals surface area contributed by atoms with Crippen molar-refractivity contribution >= 4 is 10.8 Å². The van der Waals surface area contributed by atoms with Crippen molar-refractivity contribution in [1.82, 2.24) is 0 Å². The molecule has 1 heteroatoms. The van der Waals surface area contributed by atoms with Crippen molar-refractivity contribution in [2.24, 2.45) is 0 Å². The molecule has 0 unspecified atom stereocenters. The van der Waals surface area contributed by atoms with Gasteiger partial charge in [-0.2, -0.15) is 0 Å². The average Bonchev–Trinajstić information content (AvgIpc) is 2.23. The highest BCUT2D eigenvalue weighted by Gasteiger charge is 1.98. The molecule has 0 aliphatic heterocycles. The van der Waals surface area contributed by atoms with Gasteiger partial charge in [0.25, 0.3) is 0 Å². The lowest BCUT2D eigenvalue weighted by molar-refractivity contribution is 0.481. The number of aryl methyl sites for hydroxylation is 1. The number of rotatable bonds is 0. The Balaban J connectivity index is 0.000000461. The quantitative estimate of drug-likeness (QED) is 0.665. The van der Waals surface area contributed by atoms with E-state index in [-0.39, 0.29) is 0 Å². The van der Waals surface area contributed by atoms with E-state index < -0.39 is 0 Å². The minimum absolute atomic E-state index is 0.358. The second-order valence-corrected chi connectivity index (χ2v) is 2.95. The molecule has 0 fully saturated rings. The SMILES string of the molecule is CC.Cc1cccc2c(O)cccc12. The van der Waals surface area contributed by atoms with Gasteiger partial charge < -0.3 is 5.11 Å². The van der Waals surface area contributed by atoms with E-state index >= 15 is 0 Å². The van der Waals surface area contributed by atoms with E-state index in [1.165, 1.54) is 5.56 Å². The molecular weight excluding hydrogens is 172 g/mol. The van der Waals surface area contributed by atoms with Crippen molar-refractivity contribution in [3.05, 3.63) is 42.0 Å². The van der Waals surface area contributed by atoms with Gasteiger partial charge in [-0.15, -0.1) is 0 Å². The minimum Gasteiger partial charge on any atom is -0.507 e. The molecule has 0 spiro atoms. The summed E-state index contributed by atoms with van der Waals surface area (Å²) in [5.74, 6) is 0.358. The summed E-state index contributed by atoms with van der Waals surface area (Å²) in [7, 11) is 0. The highest BCUT2D eigenvalue weighted by Crippen LogP contribution is 2.25. The van der Waals surface area contributed by atoms with Gasteiger partial charge in [0, 0.05) is 5.39 Å². The van der Waals surface area contributed by atoms with Crippen LogP contribution in [0.3, 0.4) is 0 Å². The van der Waals surface area contributed by atoms with Gasteiger partial charge in [-0.1, -0.05) is 44.2 Å². The van der Waals surface area contributed by atoms with Crippen LogP contribution in [0.25, 0.3) is 10.8 Å². The summed E-state index contributed by atoms with van der Waals surface area (Å²) < 4.78 is 0. The van der Waals surface area contributed by atoms with Crippen LogP contribution in [0.15, 0.2) is 36.4 Å². The lowest BCUT2D eigenvalue weighted by Gasteiger charge is -2.02. The number of aromatic hydroxyl groups is 1. The molecule has 2 rings (SSSR count). The van der Waals surface area contributed by atoms with Gasteiger partial charge in [0.15, 0.2) is 0 Å². The van der Waals surface area contributed by atoms with Crippen LogP contribution in [0.2, 0.25) is 0 Å². The van der Waals surface area contributed by atoms with Crippen LogP contribution in [0, 0.1) is 6.92 Å². The van der Waals surface area contributed by atoms with Crippen molar-refractivity contribution in [1.29, 1.82) is 0 Å². The highest BCUT2D eigenvalue weighted by atomic mass is 16.3. The van der Waals surface area contributed by atoms with E-state index in [9.17, 15) is 5.11 Å². The summed E-state index contributed by atoms with van der Waals surface area (Å²) in [6.07, 6.45) is 0. The summed E-state index contributed by atoms with van der Waals surface area (Å²) in [5.41, 5.74) is 1.20. The Labute approximate surface area is 85.0 Å². The Bertz CT molecular complexity index is 377. The molecule has 0 amide bonds. The molecule has 0 aliphatic carbocycles. The first-order chi connectivity index (χ1) is 6.79. The molecule has 1 N–H and O–H groups in total. The fraction of sp³-hybridized carbons (Fsp3) is 0.231. The van der Waals surface area contributed by atoms with Crippen LogP contribution in [0.4, 0.5) is 0 Å². The second kappa shape index (κ2) is 4.66. The van der Waals surface area contributed by atoms with Crippen LogP contribution in [0.1, 0.15) is 19.4 Å². The largest absolute Gasteiger partial charge is 0.507 e. The average molecular weight is 188 g/mol. The Morgan fingerprint density at radius 1 is 0.857 bits per heavy atom. The van der Waals surface area contributed by atoms with Gasteiger partial charge in [-0.25, -0.2) is 0 Å². The first kappa shape index (κ1) is 10.6. The zero-order valence-corrected chi connectivity index (χ0v) is 8.91. The van der Waals surface area contributed by atoms with Gasteiger partial charge in [0.05, 0.1) is 0 Å². The molecule has 0 bridgehead atoms. The van der Waals surface area contributed by atoms with Crippen molar-refractivity contribution in [2.45, 2.75) is 20.8 Å². The topological polar surface area (TPSA) is 20.2 Å². The Morgan fingerprint density at radius 2 is 1.43 bits per heavy atom. The Morgan fingerprint density at radius 3 is 2.07 bits per heavy atom. The summed E-state index contributed by atoms with van der Waals surface area (Å²) in [5, 5.41) is 11.5. The fourth-order valence-electron chi connectivity index (χ4n) is 1.45. The molecule has 0 aromatic heterocycles. The maximum Gasteiger partial charge on any atom is 0.123 e. The van der Waals surface area contributed by atoms with E-state index in [2.05, 4.69) is 0 Å². The zero-order valence-electron chi connectivity index (χ0n) is 8.91. The molecule has 0 aliphatic rings. The first-order valence-corrected chi connectivity index (χ1v) is 4.96. The van der Waals surface area contributed by atoms with Crippen LogP contribution < -0.4 is 0 Å². The van der Waals surface area contributed by atoms with Gasteiger partial charge >= 0.3 is 0 Å². The third-order valence-corrected chi connectivity index (χ3v) is 2.12. The van der Waals surface area contributed by atoms with E-state index in [1.54, 1.807) is 6.07 Å². The minimum atomic E-state index is 0.358. The van der Waals surface area contributed by atoms with E-state index in [0.29, 0.717) is 5.75 Å². The smallest absolute Gasteiger partial charge is 0.123 e. The summed E-state index contributed by atoms with van der Waals surface area (Å²) >= 11 is 0. The lowest BCUT2D eigenvalue weighted by Crippen LogP contribution is -1.77. The van der Waals surface area contributed by atoms with Crippen LogP contribution >= 0.6 is 0 Å². The number of phenolic OH excluding ortho intramolecular Hbond substituents is 1.